The molecular weight excluding hydrogens is 262 g/mol. The zero-order chi connectivity index (χ0) is 14.3. The summed E-state index contributed by atoms with van der Waals surface area (Å²) in [5.74, 6) is 0.539. The molecule has 0 saturated carbocycles. The second-order valence-electron chi connectivity index (χ2n) is 5.58. The van der Waals surface area contributed by atoms with Gasteiger partial charge in [-0.2, -0.15) is 0 Å². The summed E-state index contributed by atoms with van der Waals surface area (Å²) in [5.41, 5.74) is 0.232. The van der Waals surface area contributed by atoms with Crippen molar-refractivity contribution in [1.29, 1.82) is 0 Å². The topological polar surface area (TPSA) is 75.9 Å². The Bertz CT molecular complexity index is 556. The van der Waals surface area contributed by atoms with Crippen LogP contribution >= 0.6 is 0 Å². The van der Waals surface area contributed by atoms with E-state index in [9.17, 15) is 9.59 Å². The van der Waals surface area contributed by atoms with Crippen LogP contribution < -0.4 is 0 Å². The van der Waals surface area contributed by atoms with Crippen LogP contribution in [0.5, 0.6) is 0 Å². The third-order valence-corrected chi connectivity index (χ3v) is 3.81. The average Bonchev–Trinajstić information content (AvgIpc) is 3.03. The number of rotatable bonds is 2. The molecule has 2 saturated heterocycles. The predicted molar refractivity (Wildman–Crippen MR) is 68.0 cm³/mol. The molecule has 0 radical (unpaired) electrons. The number of hydrogen-bond donors (Lipinski definition) is 0. The van der Waals surface area contributed by atoms with Crippen molar-refractivity contribution in [2.24, 2.45) is 0 Å². The minimum absolute atomic E-state index is 0.0244. The van der Waals surface area contributed by atoms with Gasteiger partial charge < -0.3 is 19.1 Å². The fourth-order valence-corrected chi connectivity index (χ4v) is 2.82. The van der Waals surface area contributed by atoms with Gasteiger partial charge in [0.05, 0.1) is 25.2 Å². The summed E-state index contributed by atoms with van der Waals surface area (Å²) in [6, 6.07) is 1.76. The van der Waals surface area contributed by atoms with Crippen molar-refractivity contribution < 1.29 is 18.8 Å². The molecular formula is C13H17N3O4. The molecule has 2 aliphatic heterocycles. The van der Waals surface area contributed by atoms with Crippen LogP contribution in [0.3, 0.4) is 0 Å². The van der Waals surface area contributed by atoms with Crippen molar-refractivity contribution >= 4 is 12.0 Å². The first kappa shape index (κ1) is 13.0. The maximum atomic E-state index is 12.2. The molecule has 7 nitrogen and oxygen atoms in total. The van der Waals surface area contributed by atoms with E-state index in [1.54, 1.807) is 22.9 Å². The molecule has 108 valence electrons. The standard InChI is InChI=1S/C13H17N3O4/c1-9-5-10(20-14-9)6-11(17)16-4-3-13(8-16)7-15(2)12(18)19-13/h5H,3-4,6-8H2,1-2H3. The van der Waals surface area contributed by atoms with E-state index in [0.29, 0.717) is 31.8 Å². The normalized spacial score (nSPS) is 25.6. The molecule has 1 spiro atoms. The molecule has 1 atom stereocenters. The highest BCUT2D eigenvalue weighted by Crippen LogP contribution is 2.31. The van der Waals surface area contributed by atoms with Crippen LogP contribution in [0.1, 0.15) is 17.9 Å². The SMILES string of the molecule is Cc1cc(CC(=O)N2CCC3(CN(C)C(=O)O3)C2)on1. The summed E-state index contributed by atoms with van der Waals surface area (Å²) in [6.45, 7) is 3.41. The molecule has 1 aromatic rings. The Morgan fingerprint density at radius 3 is 2.90 bits per heavy atom. The molecule has 0 N–H and O–H groups in total. The van der Waals surface area contributed by atoms with Crippen molar-refractivity contribution in [2.75, 3.05) is 26.7 Å². The van der Waals surface area contributed by atoms with Gasteiger partial charge in [0.2, 0.25) is 5.91 Å². The van der Waals surface area contributed by atoms with Crippen LogP contribution in [0.25, 0.3) is 0 Å². The quantitative estimate of drug-likeness (QED) is 0.791. The molecule has 2 aliphatic rings. The molecule has 7 heteroatoms. The van der Waals surface area contributed by atoms with Gasteiger partial charge in [-0.1, -0.05) is 5.16 Å². The van der Waals surface area contributed by atoms with Gasteiger partial charge in [0.1, 0.15) is 5.76 Å². The Morgan fingerprint density at radius 2 is 2.30 bits per heavy atom. The van der Waals surface area contributed by atoms with E-state index < -0.39 is 5.60 Å². The minimum Gasteiger partial charge on any atom is -0.439 e. The van der Waals surface area contributed by atoms with Gasteiger partial charge in [-0.15, -0.1) is 0 Å². The molecule has 0 aromatic carbocycles. The fourth-order valence-electron chi connectivity index (χ4n) is 2.82. The molecule has 3 heterocycles. The molecule has 2 amide bonds. The first-order chi connectivity index (χ1) is 9.47. The van der Waals surface area contributed by atoms with Crippen LogP contribution in [-0.4, -0.2) is 59.2 Å². The van der Waals surface area contributed by atoms with Crippen LogP contribution in [-0.2, 0) is 16.0 Å². The predicted octanol–water partition coefficient (Wildman–Crippen LogP) is 0.579. The number of ether oxygens (including phenoxy) is 1. The number of carbonyl (C=O) groups is 2. The average molecular weight is 279 g/mol. The molecule has 2 fully saturated rings. The Hall–Kier alpha value is -2.05. The van der Waals surface area contributed by atoms with Gasteiger partial charge in [-0.25, -0.2) is 4.79 Å². The minimum atomic E-state index is -0.529. The number of likely N-dealkylation sites (tertiary alicyclic amines) is 1. The van der Waals surface area contributed by atoms with Crippen LogP contribution in [0.2, 0.25) is 0 Å². The Morgan fingerprint density at radius 1 is 1.50 bits per heavy atom. The van der Waals surface area contributed by atoms with Gasteiger partial charge in [0, 0.05) is 26.1 Å². The van der Waals surface area contributed by atoms with Crippen LogP contribution in [0, 0.1) is 6.92 Å². The maximum Gasteiger partial charge on any atom is 0.410 e. The van der Waals surface area contributed by atoms with E-state index in [-0.39, 0.29) is 18.4 Å². The maximum absolute atomic E-state index is 12.2. The van der Waals surface area contributed by atoms with Crippen LogP contribution in [0.15, 0.2) is 10.6 Å². The zero-order valence-electron chi connectivity index (χ0n) is 11.6. The highest BCUT2D eigenvalue weighted by molar-refractivity contribution is 5.79. The van der Waals surface area contributed by atoms with Gasteiger partial charge in [0.15, 0.2) is 5.60 Å². The summed E-state index contributed by atoms with van der Waals surface area (Å²) in [4.78, 5) is 27.0. The van der Waals surface area contributed by atoms with E-state index in [2.05, 4.69) is 5.16 Å². The zero-order valence-corrected chi connectivity index (χ0v) is 11.6. The highest BCUT2D eigenvalue weighted by Gasteiger charge is 2.49. The molecule has 1 aromatic heterocycles. The summed E-state index contributed by atoms with van der Waals surface area (Å²) < 4.78 is 10.5. The first-order valence-electron chi connectivity index (χ1n) is 6.62. The second-order valence-corrected chi connectivity index (χ2v) is 5.58. The van der Waals surface area contributed by atoms with Crippen molar-refractivity contribution in [3.8, 4) is 0 Å². The Labute approximate surface area is 116 Å². The molecule has 0 bridgehead atoms. The number of likely N-dealkylation sites (N-methyl/N-ethyl adjacent to an activating group) is 1. The monoisotopic (exact) mass is 279 g/mol. The smallest absolute Gasteiger partial charge is 0.410 e. The number of aryl methyl sites for hydroxylation is 1. The third-order valence-electron chi connectivity index (χ3n) is 3.81. The van der Waals surface area contributed by atoms with E-state index in [4.69, 9.17) is 9.26 Å². The summed E-state index contributed by atoms with van der Waals surface area (Å²) in [7, 11) is 1.71. The fraction of sp³-hybridized carbons (Fsp3) is 0.615. The largest absolute Gasteiger partial charge is 0.439 e. The lowest BCUT2D eigenvalue weighted by molar-refractivity contribution is -0.130. The summed E-state index contributed by atoms with van der Waals surface area (Å²) >= 11 is 0. The third kappa shape index (κ3) is 2.23. The van der Waals surface area contributed by atoms with Crippen molar-refractivity contribution in [3.63, 3.8) is 0 Å². The molecule has 1 unspecified atom stereocenters. The van der Waals surface area contributed by atoms with Gasteiger partial charge in [0.25, 0.3) is 0 Å². The summed E-state index contributed by atoms with van der Waals surface area (Å²) in [6.07, 6.45) is 0.565. The van der Waals surface area contributed by atoms with Crippen molar-refractivity contribution in [2.45, 2.75) is 25.4 Å². The van der Waals surface area contributed by atoms with Crippen molar-refractivity contribution in [1.82, 2.24) is 15.0 Å². The second kappa shape index (κ2) is 4.50. The number of aromatic nitrogens is 1. The lowest BCUT2D eigenvalue weighted by atomic mass is 10.0. The van der Waals surface area contributed by atoms with E-state index >= 15 is 0 Å². The molecule has 3 rings (SSSR count). The number of amides is 2. The Balaban J connectivity index is 1.62. The Kier molecular flexibility index (Phi) is 2.92. The number of nitrogens with zero attached hydrogens (tertiary/aromatic N) is 3. The first-order valence-corrected chi connectivity index (χ1v) is 6.62. The summed E-state index contributed by atoms with van der Waals surface area (Å²) in [5, 5.41) is 3.77. The highest BCUT2D eigenvalue weighted by atomic mass is 16.6. The van der Waals surface area contributed by atoms with Gasteiger partial charge in [-0.3, -0.25) is 4.79 Å². The van der Waals surface area contributed by atoms with E-state index in [1.165, 1.54) is 0 Å². The van der Waals surface area contributed by atoms with E-state index in [1.807, 2.05) is 6.92 Å². The molecule has 0 aliphatic carbocycles. The molecule has 20 heavy (non-hydrogen) atoms. The van der Waals surface area contributed by atoms with Gasteiger partial charge >= 0.3 is 6.09 Å². The van der Waals surface area contributed by atoms with Crippen molar-refractivity contribution in [3.05, 3.63) is 17.5 Å². The van der Waals surface area contributed by atoms with Crippen LogP contribution in [0.4, 0.5) is 4.79 Å². The lowest BCUT2D eigenvalue weighted by Gasteiger charge is -2.21. The van der Waals surface area contributed by atoms with Gasteiger partial charge in [-0.05, 0) is 6.92 Å². The lowest BCUT2D eigenvalue weighted by Crippen LogP contribution is -2.39. The number of carbonyl (C=O) groups excluding carboxylic acids is 2. The number of hydrogen-bond acceptors (Lipinski definition) is 5. The van der Waals surface area contributed by atoms with E-state index in [0.717, 1.165) is 5.69 Å².